The van der Waals surface area contributed by atoms with Crippen LogP contribution in [0.5, 0.6) is 6.01 Å². The van der Waals surface area contributed by atoms with E-state index in [1.54, 1.807) is 0 Å². The van der Waals surface area contributed by atoms with Crippen molar-refractivity contribution in [2.45, 2.75) is 26.0 Å². The molecular formula is C22H23N7O2. The van der Waals surface area contributed by atoms with Crippen molar-refractivity contribution in [2.24, 2.45) is 0 Å². The fraction of sp³-hybridized carbons (Fsp3) is 0.318. The summed E-state index contributed by atoms with van der Waals surface area (Å²) in [5.41, 5.74) is 5.14. The zero-order chi connectivity index (χ0) is 21.8. The molecule has 1 aliphatic heterocycles. The number of aryl methyl sites for hydroxylation is 1. The Kier molecular flexibility index (Phi) is 5.91. The van der Waals surface area contributed by atoms with Crippen LogP contribution in [0.15, 0.2) is 36.9 Å². The molecule has 0 saturated heterocycles. The van der Waals surface area contributed by atoms with Gasteiger partial charge >= 0.3 is 6.01 Å². The van der Waals surface area contributed by atoms with Gasteiger partial charge < -0.3 is 20.1 Å². The van der Waals surface area contributed by atoms with E-state index in [1.165, 1.54) is 25.8 Å². The lowest BCUT2D eigenvalue weighted by Gasteiger charge is -2.31. The van der Waals surface area contributed by atoms with Gasteiger partial charge in [0.2, 0.25) is 0 Å². The molecule has 4 rings (SSSR count). The minimum atomic E-state index is -0.807. The average Bonchev–Trinajstić information content (AvgIpc) is 2.82. The fourth-order valence-corrected chi connectivity index (χ4v) is 3.63. The topological polar surface area (TPSA) is 120 Å². The van der Waals surface area contributed by atoms with E-state index in [0.29, 0.717) is 23.5 Å². The maximum absolute atomic E-state index is 10.5. The predicted molar refractivity (Wildman–Crippen MR) is 115 cm³/mol. The fourth-order valence-electron chi connectivity index (χ4n) is 3.63. The highest BCUT2D eigenvalue weighted by atomic mass is 16.5. The molecule has 0 amide bonds. The number of hydrogen-bond acceptors (Lipinski definition) is 9. The van der Waals surface area contributed by atoms with E-state index < -0.39 is 6.10 Å². The van der Waals surface area contributed by atoms with E-state index in [4.69, 9.17) is 4.74 Å². The predicted octanol–water partition coefficient (Wildman–Crippen LogP) is 2.16. The van der Waals surface area contributed by atoms with Crippen molar-refractivity contribution in [1.82, 2.24) is 19.9 Å². The van der Waals surface area contributed by atoms with Gasteiger partial charge in [0.1, 0.15) is 18.2 Å². The van der Waals surface area contributed by atoms with Gasteiger partial charge in [0.15, 0.2) is 0 Å². The quantitative estimate of drug-likeness (QED) is 0.621. The summed E-state index contributed by atoms with van der Waals surface area (Å²) in [5.74, 6) is 0.675. The van der Waals surface area contributed by atoms with Gasteiger partial charge in [0.25, 0.3) is 0 Å². The van der Waals surface area contributed by atoms with Gasteiger partial charge in [-0.25, -0.2) is 19.9 Å². The standard InChI is InChI=1S/C22H23N7O2/c1-14-3-4-19(15(7-14)8-23)29-6-5-18-17(12-29)21(28-13-27-18)24-11-20(30)16-9-25-22(31-2)26-10-16/h3-4,7,9-10,13,20,30H,5-6,11-12H2,1-2H3,(H,24,27,28)/t20-/m1/s1. The van der Waals surface area contributed by atoms with E-state index in [-0.39, 0.29) is 12.6 Å². The first-order valence-electron chi connectivity index (χ1n) is 9.95. The second kappa shape index (κ2) is 8.93. The van der Waals surface area contributed by atoms with Crippen LogP contribution in [0.3, 0.4) is 0 Å². The van der Waals surface area contributed by atoms with E-state index in [2.05, 4.69) is 36.2 Å². The minimum Gasteiger partial charge on any atom is -0.467 e. The number of benzene rings is 1. The molecule has 0 aliphatic carbocycles. The highest BCUT2D eigenvalue weighted by Crippen LogP contribution is 2.30. The monoisotopic (exact) mass is 417 g/mol. The molecule has 9 nitrogen and oxygen atoms in total. The maximum atomic E-state index is 10.5. The lowest BCUT2D eigenvalue weighted by Crippen LogP contribution is -2.32. The Morgan fingerprint density at radius 1 is 1.26 bits per heavy atom. The number of fused-ring (bicyclic) bond motifs is 1. The number of nitrogens with one attached hydrogen (secondary N) is 1. The summed E-state index contributed by atoms with van der Waals surface area (Å²) in [4.78, 5) is 19.1. The van der Waals surface area contributed by atoms with Gasteiger partial charge in [-0.15, -0.1) is 0 Å². The van der Waals surface area contributed by atoms with Gasteiger partial charge in [0.05, 0.1) is 30.2 Å². The molecule has 1 aliphatic rings. The van der Waals surface area contributed by atoms with Gasteiger partial charge in [-0.3, -0.25) is 0 Å². The molecule has 0 saturated carbocycles. The number of nitriles is 1. The molecule has 0 unspecified atom stereocenters. The van der Waals surface area contributed by atoms with Crippen molar-refractivity contribution in [3.05, 3.63) is 64.9 Å². The number of aromatic nitrogens is 4. The largest absolute Gasteiger partial charge is 0.467 e. The summed E-state index contributed by atoms with van der Waals surface area (Å²) >= 11 is 0. The average molecular weight is 417 g/mol. The van der Waals surface area contributed by atoms with Crippen LogP contribution >= 0.6 is 0 Å². The number of aliphatic hydroxyl groups is 1. The number of rotatable bonds is 6. The molecule has 0 spiro atoms. The van der Waals surface area contributed by atoms with Crippen LogP contribution in [0.25, 0.3) is 0 Å². The third kappa shape index (κ3) is 4.39. The Morgan fingerprint density at radius 3 is 2.81 bits per heavy atom. The van der Waals surface area contributed by atoms with Gasteiger partial charge in [-0.1, -0.05) is 6.07 Å². The van der Waals surface area contributed by atoms with Crippen molar-refractivity contribution < 1.29 is 9.84 Å². The molecule has 1 atom stereocenters. The summed E-state index contributed by atoms with van der Waals surface area (Å²) in [6.07, 6.45) is 4.55. The molecule has 31 heavy (non-hydrogen) atoms. The number of anilines is 2. The number of nitrogens with zero attached hydrogens (tertiary/aromatic N) is 6. The number of ether oxygens (including phenoxy) is 1. The summed E-state index contributed by atoms with van der Waals surface area (Å²) in [6.45, 7) is 3.57. The zero-order valence-corrected chi connectivity index (χ0v) is 17.4. The molecule has 2 aromatic heterocycles. The molecule has 3 heterocycles. The van der Waals surface area contributed by atoms with Crippen LogP contribution in [0.1, 0.15) is 34.1 Å². The summed E-state index contributed by atoms with van der Waals surface area (Å²) < 4.78 is 4.95. The van der Waals surface area contributed by atoms with Crippen LogP contribution in [0, 0.1) is 18.3 Å². The van der Waals surface area contributed by atoms with Crippen LogP contribution in [-0.2, 0) is 13.0 Å². The molecule has 0 radical (unpaired) electrons. The van der Waals surface area contributed by atoms with Gasteiger partial charge in [-0.05, 0) is 24.6 Å². The molecule has 158 valence electrons. The molecule has 1 aromatic carbocycles. The van der Waals surface area contributed by atoms with Crippen molar-refractivity contribution in [3.8, 4) is 12.1 Å². The molecule has 2 N–H and O–H groups in total. The third-order valence-electron chi connectivity index (χ3n) is 5.29. The van der Waals surface area contributed by atoms with Crippen LogP contribution in [0.2, 0.25) is 0 Å². The van der Waals surface area contributed by atoms with Crippen molar-refractivity contribution in [3.63, 3.8) is 0 Å². The smallest absolute Gasteiger partial charge is 0.316 e. The first-order chi connectivity index (χ1) is 15.1. The van der Waals surface area contributed by atoms with Gasteiger partial charge in [-0.2, -0.15) is 5.26 Å². The molecule has 9 heteroatoms. The summed E-state index contributed by atoms with van der Waals surface area (Å²) in [6, 6.07) is 8.45. The highest BCUT2D eigenvalue weighted by Gasteiger charge is 2.23. The molecule has 0 fully saturated rings. The molecule has 3 aromatic rings. The Labute approximate surface area is 180 Å². The maximum Gasteiger partial charge on any atom is 0.316 e. The van der Waals surface area contributed by atoms with E-state index in [0.717, 1.165) is 35.5 Å². The second-order valence-electron chi connectivity index (χ2n) is 7.35. The lowest BCUT2D eigenvalue weighted by atomic mass is 10.0. The Bertz CT molecular complexity index is 1110. The van der Waals surface area contributed by atoms with Crippen molar-refractivity contribution >= 4 is 11.5 Å². The normalized spacial score (nSPS) is 13.8. The van der Waals surface area contributed by atoms with E-state index in [9.17, 15) is 10.4 Å². The Balaban J connectivity index is 1.51. The SMILES string of the molecule is COc1ncc([C@H](O)CNc2ncnc3c2CN(c2ccc(C)cc2C#N)CC3)cn1. The molecule has 0 bridgehead atoms. The molecular weight excluding hydrogens is 394 g/mol. The van der Waals surface area contributed by atoms with E-state index >= 15 is 0 Å². The van der Waals surface area contributed by atoms with E-state index in [1.807, 2.05) is 25.1 Å². The van der Waals surface area contributed by atoms with Gasteiger partial charge in [0, 0.05) is 49.6 Å². The number of hydrogen-bond donors (Lipinski definition) is 2. The zero-order valence-electron chi connectivity index (χ0n) is 17.4. The third-order valence-corrected chi connectivity index (χ3v) is 5.29. The Morgan fingerprint density at radius 2 is 2.06 bits per heavy atom. The Hall–Kier alpha value is -3.77. The van der Waals surface area contributed by atoms with Crippen LogP contribution in [-0.4, -0.2) is 45.2 Å². The van der Waals surface area contributed by atoms with Crippen molar-refractivity contribution in [2.75, 3.05) is 30.4 Å². The number of aliphatic hydroxyl groups excluding tert-OH is 1. The summed E-state index contributed by atoms with van der Waals surface area (Å²) in [5, 5.41) is 23.3. The minimum absolute atomic E-state index is 0.243. The first-order valence-corrected chi connectivity index (χ1v) is 9.95. The lowest BCUT2D eigenvalue weighted by molar-refractivity contribution is 0.190. The van der Waals surface area contributed by atoms with Crippen LogP contribution < -0.4 is 15.0 Å². The summed E-state index contributed by atoms with van der Waals surface area (Å²) in [7, 11) is 1.49. The number of methoxy groups -OCH3 is 1. The second-order valence-corrected chi connectivity index (χ2v) is 7.35. The highest BCUT2D eigenvalue weighted by molar-refractivity contribution is 5.62. The van der Waals surface area contributed by atoms with Crippen molar-refractivity contribution in [1.29, 1.82) is 5.26 Å². The van der Waals surface area contributed by atoms with Crippen LogP contribution in [0.4, 0.5) is 11.5 Å². The first kappa shape index (κ1) is 20.5.